The smallest absolute Gasteiger partial charge is 0.250 e. The molecule has 30 heavy (non-hydrogen) atoms. The number of amides is 1. The number of nitrogens with one attached hydrogen (secondary N) is 2. The van der Waals surface area contributed by atoms with Crippen LogP contribution in [0, 0.1) is 0 Å². The third-order valence-electron chi connectivity index (χ3n) is 4.48. The Labute approximate surface area is 182 Å². The molecule has 7 nitrogen and oxygen atoms in total. The fraction of sp³-hybridized carbons (Fsp3) is 0.143. The zero-order chi connectivity index (χ0) is 20.9. The van der Waals surface area contributed by atoms with E-state index in [1.165, 1.54) is 11.8 Å². The van der Waals surface area contributed by atoms with E-state index in [0.717, 1.165) is 27.9 Å². The van der Waals surface area contributed by atoms with Crippen LogP contribution in [-0.2, 0) is 11.3 Å². The second-order valence-electron chi connectivity index (χ2n) is 6.43. The van der Waals surface area contributed by atoms with Gasteiger partial charge in [0.25, 0.3) is 5.91 Å². The summed E-state index contributed by atoms with van der Waals surface area (Å²) in [6.07, 6.45) is 3.49. The van der Waals surface area contributed by atoms with Crippen molar-refractivity contribution in [3.8, 4) is 11.4 Å². The Kier molecular flexibility index (Phi) is 6.15. The number of aromatic amines is 1. The molecule has 0 fully saturated rings. The molecule has 4 aromatic rings. The van der Waals surface area contributed by atoms with Gasteiger partial charge in [-0.1, -0.05) is 41.6 Å². The zero-order valence-electron chi connectivity index (χ0n) is 16.2. The molecule has 152 valence electrons. The van der Waals surface area contributed by atoms with Crippen LogP contribution in [0.3, 0.4) is 0 Å². The molecule has 2 N–H and O–H groups in total. The Morgan fingerprint density at radius 2 is 2.03 bits per heavy atom. The molecule has 9 heteroatoms. The Morgan fingerprint density at radius 1 is 1.23 bits per heavy atom. The van der Waals surface area contributed by atoms with Gasteiger partial charge >= 0.3 is 0 Å². The highest BCUT2D eigenvalue weighted by molar-refractivity contribution is 7.99. The second-order valence-corrected chi connectivity index (χ2v) is 7.81. The first-order valence-corrected chi connectivity index (χ1v) is 10.7. The number of para-hydroxylation sites is 1. The second kappa shape index (κ2) is 9.15. The van der Waals surface area contributed by atoms with Crippen LogP contribution >= 0.6 is 23.4 Å². The van der Waals surface area contributed by atoms with Gasteiger partial charge in [0.1, 0.15) is 0 Å². The number of halogens is 1. The quantitative estimate of drug-likeness (QED) is 0.255. The number of benzene rings is 2. The Bertz CT molecular complexity index is 1200. The van der Waals surface area contributed by atoms with Crippen molar-refractivity contribution in [1.82, 2.24) is 25.2 Å². The van der Waals surface area contributed by atoms with Crippen LogP contribution in [0.25, 0.3) is 22.3 Å². The van der Waals surface area contributed by atoms with Crippen LogP contribution in [0.5, 0.6) is 0 Å². The van der Waals surface area contributed by atoms with E-state index < -0.39 is 0 Å². The lowest BCUT2D eigenvalue weighted by molar-refractivity contribution is -0.118. The Balaban J connectivity index is 1.37. The van der Waals surface area contributed by atoms with E-state index in [0.29, 0.717) is 16.7 Å². The summed E-state index contributed by atoms with van der Waals surface area (Å²) in [4.78, 5) is 15.4. The SMILES string of the molecule is CCn1c(SCC(=O)N/N=C/c2c[nH]c3ccccc23)nnc1-c1ccc(Cl)cc1. The van der Waals surface area contributed by atoms with Crippen LogP contribution in [0.4, 0.5) is 0 Å². The van der Waals surface area contributed by atoms with Gasteiger partial charge in [-0.2, -0.15) is 5.10 Å². The van der Waals surface area contributed by atoms with E-state index >= 15 is 0 Å². The number of nitrogens with zero attached hydrogens (tertiary/aromatic N) is 4. The molecule has 4 rings (SSSR count). The molecular weight excluding hydrogens is 420 g/mol. The van der Waals surface area contributed by atoms with Crippen LogP contribution in [-0.4, -0.2) is 37.6 Å². The van der Waals surface area contributed by atoms with Gasteiger partial charge in [0.05, 0.1) is 12.0 Å². The molecule has 0 unspecified atom stereocenters. The highest BCUT2D eigenvalue weighted by atomic mass is 35.5. The van der Waals surface area contributed by atoms with Crippen molar-refractivity contribution >= 4 is 46.4 Å². The number of hydrazone groups is 1. The summed E-state index contributed by atoms with van der Waals surface area (Å²) in [7, 11) is 0. The first-order valence-electron chi connectivity index (χ1n) is 9.35. The van der Waals surface area contributed by atoms with Gasteiger partial charge in [-0.3, -0.25) is 4.79 Å². The van der Waals surface area contributed by atoms with Crippen molar-refractivity contribution in [3.05, 3.63) is 65.3 Å². The predicted octanol–water partition coefficient (Wildman–Crippen LogP) is 4.34. The van der Waals surface area contributed by atoms with Gasteiger partial charge in [0.2, 0.25) is 0 Å². The van der Waals surface area contributed by atoms with E-state index in [-0.39, 0.29) is 11.7 Å². The minimum atomic E-state index is -0.213. The van der Waals surface area contributed by atoms with Crippen molar-refractivity contribution in [2.75, 3.05) is 5.75 Å². The van der Waals surface area contributed by atoms with Crippen LogP contribution in [0.2, 0.25) is 5.02 Å². The topological polar surface area (TPSA) is 88.0 Å². The normalized spacial score (nSPS) is 11.4. The molecule has 0 aliphatic rings. The van der Waals surface area contributed by atoms with Gasteiger partial charge in [-0.15, -0.1) is 10.2 Å². The summed E-state index contributed by atoms with van der Waals surface area (Å²) in [5.74, 6) is 0.716. The Hall–Kier alpha value is -3.10. The average Bonchev–Trinajstić information content (AvgIpc) is 3.37. The number of fused-ring (bicyclic) bond motifs is 1. The maximum Gasteiger partial charge on any atom is 0.250 e. The molecular formula is C21H19ClN6OS. The van der Waals surface area contributed by atoms with Crippen molar-refractivity contribution in [3.63, 3.8) is 0 Å². The molecule has 0 aliphatic carbocycles. The van der Waals surface area contributed by atoms with E-state index in [1.54, 1.807) is 6.21 Å². The predicted molar refractivity (Wildman–Crippen MR) is 121 cm³/mol. The molecule has 0 bridgehead atoms. The molecule has 0 aliphatic heterocycles. The summed E-state index contributed by atoms with van der Waals surface area (Å²) < 4.78 is 1.97. The molecule has 2 aromatic heterocycles. The number of hydrogen-bond donors (Lipinski definition) is 2. The van der Waals surface area contributed by atoms with Gasteiger partial charge in [-0.05, 0) is 37.3 Å². The Morgan fingerprint density at radius 3 is 2.83 bits per heavy atom. The largest absolute Gasteiger partial charge is 0.361 e. The number of H-pyrrole nitrogens is 1. The fourth-order valence-corrected chi connectivity index (χ4v) is 3.95. The minimum absolute atomic E-state index is 0.184. The third-order valence-corrected chi connectivity index (χ3v) is 5.70. The number of carbonyl (C=O) groups excluding carboxylic acids is 1. The molecule has 0 saturated heterocycles. The van der Waals surface area contributed by atoms with Gasteiger partial charge in [0, 0.05) is 39.8 Å². The minimum Gasteiger partial charge on any atom is -0.361 e. The first kappa shape index (κ1) is 20.2. The van der Waals surface area contributed by atoms with Crippen molar-refractivity contribution in [1.29, 1.82) is 0 Å². The maximum atomic E-state index is 12.2. The lowest BCUT2D eigenvalue weighted by atomic mass is 10.2. The highest BCUT2D eigenvalue weighted by Gasteiger charge is 2.14. The average molecular weight is 439 g/mol. The highest BCUT2D eigenvalue weighted by Crippen LogP contribution is 2.25. The molecule has 2 heterocycles. The van der Waals surface area contributed by atoms with Gasteiger partial charge in [0.15, 0.2) is 11.0 Å². The van der Waals surface area contributed by atoms with E-state index in [2.05, 4.69) is 25.7 Å². The number of carbonyl (C=O) groups is 1. The van der Waals surface area contributed by atoms with Gasteiger partial charge < -0.3 is 9.55 Å². The van der Waals surface area contributed by atoms with Crippen LogP contribution < -0.4 is 5.43 Å². The van der Waals surface area contributed by atoms with Crippen molar-refractivity contribution in [2.45, 2.75) is 18.6 Å². The van der Waals surface area contributed by atoms with Gasteiger partial charge in [-0.25, -0.2) is 5.43 Å². The number of thioether (sulfide) groups is 1. The number of rotatable bonds is 7. The molecule has 0 radical (unpaired) electrons. The fourth-order valence-electron chi connectivity index (χ4n) is 3.03. The molecule has 0 atom stereocenters. The van der Waals surface area contributed by atoms with E-state index in [9.17, 15) is 4.79 Å². The summed E-state index contributed by atoms with van der Waals surface area (Å²) in [5, 5.41) is 15.0. The van der Waals surface area contributed by atoms with E-state index in [4.69, 9.17) is 11.6 Å². The van der Waals surface area contributed by atoms with Crippen LogP contribution in [0.1, 0.15) is 12.5 Å². The summed E-state index contributed by atoms with van der Waals surface area (Å²) >= 11 is 7.28. The molecule has 0 spiro atoms. The summed E-state index contributed by atoms with van der Waals surface area (Å²) in [5.41, 5.74) is 5.42. The molecule has 0 saturated carbocycles. The van der Waals surface area contributed by atoms with Crippen molar-refractivity contribution in [2.24, 2.45) is 5.10 Å². The molecule has 1 amide bonds. The van der Waals surface area contributed by atoms with Crippen molar-refractivity contribution < 1.29 is 4.79 Å². The number of hydrogen-bond acceptors (Lipinski definition) is 5. The standard InChI is InChI=1S/C21H19ClN6OS/c1-2-28-20(14-7-9-16(22)10-8-14)26-27-21(28)30-13-19(29)25-24-12-15-11-23-18-6-4-3-5-17(15)18/h3-12,23H,2,13H2,1H3,(H,25,29)/b24-12+. The molecule has 2 aromatic carbocycles. The zero-order valence-corrected chi connectivity index (χ0v) is 17.7. The lowest BCUT2D eigenvalue weighted by Gasteiger charge is -2.07. The summed E-state index contributed by atoms with van der Waals surface area (Å²) in [6, 6.07) is 15.4. The monoisotopic (exact) mass is 438 g/mol. The van der Waals surface area contributed by atoms with Crippen LogP contribution in [0.15, 0.2) is 65.0 Å². The third kappa shape index (κ3) is 4.39. The lowest BCUT2D eigenvalue weighted by Crippen LogP contribution is -2.20. The van der Waals surface area contributed by atoms with E-state index in [1.807, 2.05) is 66.2 Å². The summed E-state index contributed by atoms with van der Waals surface area (Å²) in [6.45, 7) is 2.70. The number of aromatic nitrogens is 4. The first-order chi connectivity index (χ1) is 14.7. The maximum absolute atomic E-state index is 12.2.